The smallest absolute Gasteiger partial charge is 0.120 e. The zero-order chi connectivity index (χ0) is 13.9. The first-order valence-electron chi connectivity index (χ1n) is 6.49. The monoisotopic (exact) mass is 348 g/mol. The van der Waals surface area contributed by atoms with Gasteiger partial charge in [-0.2, -0.15) is 5.26 Å². The number of benzene rings is 1. The summed E-state index contributed by atoms with van der Waals surface area (Å²) < 4.78 is 0.992. The highest BCUT2D eigenvalue weighted by Gasteiger charge is 2.25. The largest absolute Gasteiger partial charge is 0.370 e. The molecule has 1 fully saturated rings. The molecule has 0 radical (unpaired) electrons. The van der Waals surface area contributed by atoms with Crippen LogP contribution >= 0.6 is 27.3 Å². The van der Waals surface area contributed by atoms with Gasteiger partial charge in [-0.05, 0) is 40.9 Å². The Morgan fingerprint density at radius 2 is 2.15 bits per heavy atom. The molecular formula is C14H13BrN4S. The molecule has 0 atom stereocenters. The van der Waals surface area contributed by atoms with E-state index in [1.165, 1.54) is 0 Å². The highest BCUT2D eigenvalue weighted by molar-refractivity contribution is 9.10. The molecule has 1 aromatic carbocycles. The fourth-order valence-corrected chi connectivity index (χ4v) is 3.98. The van der Waals surface area contributed by atoms with Crippen molar-refractivity contribution in [2.45, 2.75) is 18.8 Å². The maximum atomic E-state index is 9.26. The average molecular weight is 349 g/mol. The summed E-state index contributed by atoms with van der Waals surface area (Å²) in [5.74, 6) is 0.506. The second kappa shape index (κ2) is 5.90. The van der Waals surface area contributed by atoms with Crippen LogP contribution in [0, 0.1) is 11.3 Å². The van der Waals surface area contributed by atoms with Crippen LogP contribution in [-0.4, -0.2) is 23.3 Å². The van der Waals surface area contributed by atoms with Gasteiger partial charge in [0.15, 0.2) is 0 Å². The van der Waals surface area contributed by atoms with E-state index in [9.17, 15) is 5.26 Å². The minimum Gasteiger partial charge on any atom is -0.370 e. The van der Waals surface area contributed by atoms with Crippen LogP contribution in [0.4, 0.5) is 5.69 Å². The molecule has 1 aliphatic rings. The summed E-state index contributed by atoms with van der Waals surface area (Å²) in [7, 11) is 0. The summed E-state index contributed by atoms with van der Waals surface area (Å²) >= 11 is 5.20. The van der Waals surface area contributed by atoms with Crippen LogP contribution in [0.25, 0.3) is 0 Å². The lowest BCUT2D eigenvalue weighted by Gasteiger charge is -2.33. The van der Waals surface area contributed by atoms with Crippen LogP contribution in [0.2, 0.25) is 0 Å². The van der Waals surface area contributed by atoms with Gasteiger partial charge >= 0.3 is 0 Å². The third kappa shape index (κ3) is 2.56. The number of nitriles is 1. The lowest BCUT2D eigenvalue weighted by molar-refractivity contribution is 0.500. The Kier molecular flexibility index (Phi) is 3.99. The Morgan fingerprint density at radius 1 is 1.35 bits per heavy atom. The summed E-state index contributed by atoms with van der Waals surface area (Å²) in [6.07, 6.45) is 2.11. The zero-order valence-corrected chi connectivity index (χ0v) is 13.2. The van der Waals surface area contributed by atoms with Crippen molar-refractivity contribution in [1.29, 1.82) is 5.26 Å². The molecule has 1 saturated heterocycles. The molecule has 0 bridgehead atoms. The van der Waals surface area contributed by atoms with Crippen LogP contribution in [0.3, 0.4) is 0 Å². The summed E-state index contributed by atoms with van der Waals surface area (Å²) in [5, 5.41) is 18.5. The molecule has 102 valence electrons. The van der Waals surface area contributed by atoms with Gasteiger partial charge in [0.25, 0.3) is 0 Å². The van der Waals surface area contributed by atoms with Gasteiger partial charge in [0.05, 0.1) is 11.3 Å². The maximum Gasteiger partial charge on any atom is 0.120 e. The van der Waals surface area contributed by atoms with Crippen molar-refractivity contribution in [3.05, 3.63) is 38.8 Å². The Labute approximate surface area is 130 Å². The molecular weight excluding hydrogens is 336 g/mol. The number of halogens is 1. The van der Waals surface area contributed by atoms with Gasteiger partial charge in [0.2, 0.25) is 0 Å². The second-order valence-electron chi connectivity index (χ2n) is 4.79. The lowest BCUT2D eigenvalue weighted by Crippen LogP contribution is -2.33. The topological polar surface area (TPSA) is 52.8 Å². The highest BCUT2D eigenvalue weighted by atomic mass is 79.9. The van der Waals surface area contributed by atoms with E-state index in [4.69, 9.17) is 0 Å². The minimum absolute atomic E-state index is 0.506. The van der Waals surface area contributed by atoms with Crippen molar-refractivity contribution in [1.82, 2.24) is 10.2 Å². The van der Waals surface area contributed by atoms with Gasteiger partial charge < -0.3 is 4.90 Å². The van der Waals surface area contributed by atoms with Crippen molar-refractivity contribution < 1.29 is 0 Å². The molecule has 3 rings (SSSR count). The minimum atomic E-state index is 0.506. The molecule has 0 unspecified atom stereocenters. The van der Waals surface area contributed by atoms with Gasteiger partial charge in [0, 0.05) is 23.5 Å². The van der Waals surface area contributed by atoms with Crippen LogP contribution in [0.1, 0.15) is 29.3 Å². The van der Waals surface area contributed by atoms with Gasteiger partial charge in [-0.1, -0.05) is 6.07 Å². The molecule has 6 heteroatoms. The van der Waals surface area contributed by atoms with Gasteiger partial charge in [-0.3, -0.25) is 0 Å². The number of aromatic nitrogens is 2. The molecule has 2 heterocycles. The zero-order valence-electron chi connectivity index (χ0n) is 10.8. The molecule has 4 nitrogen and oxygen atoms in total. The molecule has 0 saturated carbocycles. The Balaban J connectivity index is 1.77. The van der Waals surface area contributed by atoms with Crippen molar-refractivity contribution in [3.8, 4) is 6.07 Å². The van der Waals surface area contributed by atoms with E-state index in [0.29, 0.717) is 5.92 Å². The number of hydrogen-bond donors (Lipinski definition) is 0. The summed E-state index contributed by atoms with van der Waals surface area (Å²) in [6.45, 7) is 1.89. The molecule has 20 heavy (non-hydrogen) atoms. The SMILES string of the molecule is N#Cc1cccc(Br)c1N1CCC(c2nncs2)CC1. The molecule has 0 spiro atoms. The molecule has 2 aromatic rings. The van der Waals surface area contributed by atoms with E-state index in [0.717, 1.165) is 46.7 Å². The fraction of sp³-hybridized carbons (Fsp3) is 0.357. The predicted molar refractivity (Wildman–Crippen MR) is 83.0 cm³/mol. The van der Waals surface area contributed by atoms with E-state index in [1.54, 1.807) is 16.8 Å². The first-order chi connectivity index (χ1) is 9.79. The molecule has 1 aliphatic heterocycles. The van der Waals surface area contributed by atoms with Crippen LogP contribution in [0.5, 0.6) is 0 Å². The molecule has 0 amide bonds. The average Bonchev–Trinajstić information content (AvgIpc) is 3.01. The molecule has 0 N–H and O–H groups in total. The van der Waals surface area contributed by atoms with E-state index in [-0.39, 0.29) is 0 Å². The third-order valence-electron chi connectivity index (χ3n) is 3.64. The number of rotatable bonds is 2. The number of nitrogens with zero attached hydrogens (tertiary/aromatic N) is 4. The number of hydrogen-bond acceptors (Lipinski definition) is 5. The summed E-state index contributed by atoms with van der Waals surface area (Å²) in [6, 6.07) is 8.05. The first-order valence-corrected chi connectivity index (χ1v) is 8.16. The van der Waals surface area contributed by atoms with Crippen molar-refractivity contribution in [2.24, 2.45) is 0 Å². The number of piperidine rings is 1. The van der Waals surface area contributed by atoms with E-state index in [1.807, 2.05) is 18.2 Å². The van der Waals surface area contributed by atoms with Gasteiger partial charge in [-0.25, -0.2) is 0 Å². The first kappa shape index (κ1) is 13.5. The normalized spacial score (nSPS) is 16.1. The Hall–Kier alpha value is -1.45. The van der Waals surface area contributed by atoms with Crippen molar-refractivity contribution in [2.75, 3.05) is 18.0 Å². The van der Waals surface area contributed by atoms with Crippen LogP contribution in [-0.2, 0) is 0 Å². The van der Waals surface area contributed by atoms with Crippen molar-refractivity contribution >= 4 is 33.0 Å². The van der Waals surface area contributed by atoms with Gasteiger partial charge in [-0.15, -0.1) is 21.5 Å². The third-order valence-corrected chi connectivity index (χ3v) is 5.14. The molecule has 0 aliphatic carbocycles. The van der Waals surface area contributed by atoms with Gasteiger partial charge in [0.1, 0.15) is 16.6 Å². The predicted octanol–water partition coefficient (Wildman–Crippen LogP) is 3.56. The quantitative estimate of drug-likeness (QED) is 0.832. The van der Waals surface area contributed by atoms with Crippen LogP contribution in [0.15, 0.2) is 28.2 Å². The lowest BCUT2D eigenvalue weighted by atomic mass is 9.96. The number of anilines is 1. The summed E-state index contributed by atoms with van der Waals surface area (Å²) in [4.78, 5) is 2.29. The van der Waals surface area contributed by atoms with E-state index < -0.39 is 0 Å². The van der Waals surface area contributed by atoms with E-state index in [2.05, 4.69) is 37.1 Å². The Morgan fingerprint density at radius 3 is 2.80 bits per heavy atom. The van der Waals surface area contributed by atoms with Crippen molar-refractivity contribution in [3.63, 3.8) is 0 Å². The Bertz CT molecular complexity index is 627. The summed E-state index contributed by atoms with van der Waals surface area (Å²) in [5.41, 5.74) is 3.54. The van der Waals surface area contributed by atoms with Crippen LogP contribution < -0.4 is 4.90 Å². The molecule has 1 aromatic heterocycles. The maximum absolute atomic E-state index is 9.26. The second-order valence-corrected chi connectivity index (χ2v) is 6.51. The standard InChI is InChI=1S/C14H13BrN4S/c15-12-3-1-2-11(8-16)13(12)19-6-4-10(5-7-19)14-18-17-9-20-14/h1-3,9-10H,4-7H2. The number of para-hydroxylation sites is 1. The van der Waals surface area contributed by atoms with E-state index >= 15 is 0 Å². The fourth-order valence-electron chi connectivity index (χ4n) is 2.64. The highest BCUT2D eigenvalue weighted by Crippen LogP contribution is 2.35.